The van der Waals surface area contributed by atoms with Crippen LogP contribution in [0.15, 0.2) is 18.2 Å². The number of hydrogen-bond donors (Lipinski definition) is 2. The monoisotopic (exact) mass is 286 g/mol. The lowest BCUT2D eigenvalue weighted by Crippen LogP contribution is -2.37. The van der Waals surface area contributed by atoms with Crippen LogP contribution in [0.25, 0.3) is 0 Å². The van der Waals surface area contributed by atoms with Gasteiger partial charge in [-0.15, -0.1) is 0 Å². The van der Waals surface area contributed by atoms with E-state index in [0.717, 1.165) is 12.1 Å². The van der Waals surface area contributed by atoms with E-state index < -0.39 is 41.6 Å². The summed E-state index contributed by atoms with van der Waals surface area (Å²) in [5.74, 6) is -4.15. The molecule has 0 aromatic heterocycles. The van der Waals surface area contributed by atoms with Crippen molar-refractivity contribution in [1.82, 2.24) is 10.6 Å². The van der Waals surface area contributed by atoms with Crippen molar-refractivity contribution in [3.63, 3.8) is 0 Å². The molecule has 0 aliphatic rings. The third kappa shape index (κ3) is 4.63. The Bertz CT molecular complexity index is 534. The molecule has 1 aromatic rings. The summed E-state index contributed by atoms with van der Waals surface area (Å²) in [4.78, 5) is 33.5. The Labute approximate surface area is 113 Å². The van der Waals surface area contributed by atoms with Crippen LogP contribution >= 0.6 is 0 Å². The van der Waals surface area contributed by atoms with Gasteiger partial charge in [0.25, 0.3) is 5.91 Å². The fourth-order valence-corrected chi connectivity index (χ4v) is 1.18. The number of amides is 2. The Morgan fingerprint density at radius 3 is 2.50 bits per heavy atom. The summed E-state index contributed by atoms with van der Waals surface area (Å²) in [6.45, 7) is -0.940. The Kier molecular flexibility index (Phi) is 5.57. The Morgan fingerprint density at radius 2 is 1.90 bits per heavy atom. The van der Waals surface area contributed by atoms with Gasteiger partial charge in [0.05, 0.1) is 12.1 Å². The van der Waals surface area contributed by atoms with Crippen molar-refractivity contribution in [2.24, 2.45) is 0 Å². The van der Waals surface area contributed by atoms with Gasteiger partial charge in [0, 0.05) is 13.1 Å². The van der Waals surface area contributed by atoms with Gasteiger partial charge < -0.3 is 15.4 Å². The number of hydrogen-bond acceptors (Lipinski definition) is 4. The predicted octanol–water partition coefficient (Wildman–Crippen LogP) is -0.0162. The van der Waals surface area contributed by atoms with Crippen molar-refractivity contribution in [3.05, 3.63) is 35.4 Å². The van der Waals surface area contributed by atoms with Crippen molar-refractivity contribution < 1.29 is 27.9 Å². The predicted molar refractivity (Wildman–Crippen MR) is 63.7 cm³/mol. The molecule has 0 aliphatic heterocycles. The highest BCUT2D eigenvalue weighted by Crippen LogP contribution is 2.10. The second-order valence-electron chi connectivity index (χ2n) is 3.65. The molecule has 0 aliphatic carbocycles. The Balaban J connectivity index is 2.47. The number of likely N-dealkylation sites (N-methyl/N-ethyl adjacent to an activating group) is 1. The van der Waals surface area contributed by atoms with Crippen molar-refractivity contribution >= 4 is 17.8 Å². The summed E-state index contributed by atoms with van der Waals surface area (Å²) in [5.41, 5.74) is -0.481. The maximum Gasteiger partial charge on any atom is 0.341 e. The van der Waals surface area contributed by atoms with Crippen LogP contribution in [-0.2, 0) is 14.3 Å². The molecule has 20 heavy (non-hydrogen) atoms. The number of esters is 1. The van der Waals surface area contributed by atoms with Gasteiger partial charge >= 0.3 is 5.97 Å². The molecule has 1 rings (SSSR count). The average Bonchev–Trinajstić information content (AvgIpc) is 2.42. The number of benzene rings is 1. The summed E-state index contributed by atoms with van der Waals surface area (Å²) < 4.78 is 30.4. The largest absolute Gasteiger partial charge is 0.452 e. The van der Waals surface area contributed by atoms with Crippen LogP contribution < -0.4 is 10.6 Å². The van der Waals surface area contributed by atoms with Crippen molar-refractivity contribution in [3.8, 4) is 0 Å². The molecule has 0 saturated heterocycles. The third-order valence-electron chi connectivity index (χ3n) is 2.21. The lowest BCUT2D eigenvalue weighted by atomic mass is 10.2. The van der Waals surface area contributed by atoms with Gasteiger partial charge in [-0.25, -0.2) is 13.6 Å². The summed E-state index contributed by atoms with van der Waals surface area (Å²) in [7, 11) is 1.39. The maximum absolute atomic E-state index is 13.2. The minimum absolute atomic E-state index is 0.266. The van der Waals surface area contributed by atoms with Gasteiger partial charge in [-0.2, -0.15) is 0 Å². The molecule has 1 aromatic carbocycles. The number of ether oxygens (including phenoxy) is 1. The molecule has 0 heterocycles. The second kappa shape index (κ2) is 7.17. The first kappa shape index (κ1) is 15.5. The topological polar surface area (TPSA) is 84.5 Å². The first-order valence-corrected chi connectivity index (χ1v) is 5.53. The number of rotatable bonds is 5. The zero-order valence-corrected chi connectivity index (χ0v) is 10.5. The molecular weight excluding hydrogens is 274 g/mol. The van der Waals surface area contributed by atoms with E-state index in [0.29, 0.717) is 6.07 Å². The van der Waals surface area contributed by atoms with Gasteiger partial charge in [-0.05, 0) is 12.1 Å². The molecule has 0 unspecified atom stereocenters. The third-order valence-corrected chi connectivity index (χ3v) is 2.21. The van der Waals surface area contributed by atoms with Crippen molar-refractivity contribution in [2.75, 3.05) is 20.2 Å². The number of halogens is 2. The quantitative estimate of drug-likeness (QED) is 0.745. The van der Waals surface area contributed by atoms with Crippen LogP contribution in [0.2, 0.25) is 0 Å². The number of carbonyl (C=O) groups is 3. The summed E-state index contributed by atoms with van der Waals surface area (Å²) in [6.07, 6.45) is 0. The average molecular weight is 286 g/mol. The molecular formula is C12H12F2N2O4. The number of carbonyl (C=O) groups excluding carboxylic acids is 3. The van der Waals surface area contributed by atoms with Crippen LogP contribution in [0.5, 0.6) is 0 Å². The maximum atomic E-state index is 13.2. The normalized spacial score (nSPS) is 9.75. The van der Waals surface area contributed by atoms with E-state index in [1.54, 1.807) is 0 Å². The van der Waals surface area contributed by atoms with E-state index in [-0.39, 0.29) is 6.54 Å². The molecule has 0 bridgehead atoms. The standard InChI is InChI=1S/C12H12F2N2O4/c1-15-10(17)5-16-11(18)6-20-12(19)8-3-2-7(13)4-9(8)14/h2-4H,5-6H2,1H3,(H,15,17)(H,16,18). The van der Waals surface area contributed by atoms with E-state index in [4.69, 9.17) is 0 Å². The van der Waals surface area contributed by atoms with Gasteiger partial charge in [-0.1, -0.05) is 0 Å². The molecule has 8 heteroatoms. The summed E-state index contributed by atoms with van der Waals surface area (Å²) in [6, 6.07) is 2.34. The minimum Gasteiger partial charge on any atom is -0.452 e. The lowest BCUT2D eigenvalue weighted by Gasteiger charge is -2.06. The molecule has 2 amide bonds. The zero-order valence-electron chi connectivity index (χ0n) is 10.5. The van der Waals surface area contributed by atoms with E-state index >= 15 is 0 Å². The highest BCUT2D eigenvalue weighted by atomic mass is 19.1. The van der Waals surface area contributed by atoms with E-state index in [9.17, 15) is 23.2 Å². The molecule has 0 atom stereocenters. The highest BCUT2D eigenvalue weighted by Gasteiger charge is 2.15. The van der Waals surface area contributed by atoms with Gasteiger partial charge in [0.2, 0.25) is 5.91 Å². The number of nitrogens with one attached hydrogen (secondary N) is 2. The molecule has 2 N–H and O–H groups in total. The van der Waals surface area contributed by atoms with Gasteiger partial charge in [-0.3, -0.25) is 9.59 Å². The molecule has 0 radical (unpaired) electrons. The Morgan fingerprint density at radius 1 is 1.20 bits per heavy atom. The highest BCUT2D eigenvalue weighted by molar-refractivity contribution is 5.92. The first-order chi connectivity index (χ1) is 9.43. The smallest absolute Gasteiger partial charge is 0.341 e. The van der Waals surface area contributed by atoms with Crippen LogP contribution in [0.4, 0.5) is 8.78 Å². The van der Waals surface area contributed by atoms with E-state index in [1.165, 1.54) is 7.05 Å². The second-order valence-corrected chi connectivity index (χ2v) is 3.65. The fraction of sp³-hybridized carbons (Fsp3) is 0.250. The molecule has 6 nitrogen and oxygen atoms in total. The molecule has 0 saturated carbocycles. The van der Waals surface area contributed by atoms with Crippen LogP contribution in [0.3, 0.4) is 0 Å². The van der Waals surface area contributed by atoms with Gasteiger partial charge in [0.15, 0.2) is 6.61 Å². The van der Waals surface area contributed by atoms with E-state index in [2.05, 4.69) is 15.4 Å². The van der Waals surface area contributed by atoms with Crippen LogP contribution in [0.1, 0.15) is 10.4 Å². The minimum atomic E-state index is -1.10. The van der Waals surface area contributed by atoms with Gasteiger partial charge in [0.1, 0.15) is 11.6 Å². The zero-order chi connectivity index (χ0) is 15.1. The fourth-order valence-electron chi connectivity index (χ4n) is 1.18. The lowest BCUT2D eigenvalue weighted by molar-refractivity contribution is -0.127. The van der Waals surface area contributed by atoms with Crippen LogP contribution in [0, 0.1) is 11.6 Å². The van der Waals surface area contributed by atoms with E-state index in [1.807, 2.05) is 0 Å². The van der Waals surface area contributed by atoms with Crippen molar-refractivity contribution in [2.45, 2.75) is 0 Å². The van der Waals surface area contributed by atoms with Crippen molar-refractivity contribution in [1.29, 1.82) is 0 Å². The molecule has 0 fully saturated rings. The van der Waals surface area contributed by atoms with Crippen LogP contribution in [-0.4, -0.2) is 38.0 Å². The Hall–Kier alpha value is -2.51. The SMILES string of the molecule is CNC(=O)CNC(=O)COC(=O)c1ccc(F)cc1F. The molecule has 0 spiro atoms. The first-order valence-electron chi connectivity index (χ1n) is 5.53. The summed E-state index contributed by atoms with van der Waals surface area (Å²) >= 11 is 0. The molecule has 108 valence electrons. The summed E-state index contributed by atoms with van der Waals surface area (Å²) in [5, 5.41) is 4.46.